The summed E-state index contributed by atoms with van der Waals surface area (Å²) in [7, 11) is 0. The fourth-order valence-corrected chi connectivity index (χ4v) is 3.91. The molecular weight excluding hydrogens is 284 g/mol. The minimum atomic E-state index is 0.0251. The molecule has 0 aliphatic carbocycles. The summed E-state index contributed by atoms with van der Waals surface area (Å²) in [5.41, 5.74) is 0.872. The van der Waals surface area contributed by atoms with Crippen molar-refractivity contribution in [3.8, 4) is 0 Å². The molecule has 1 unspecified atom stereocenters. The number of benzene rings is 1. The molecule has 1 aromatic rings. The predicted octanol–water partition coefficient (Wildman–Crippen LogP) is 2.38. The van der Waals surface area contributed by atoms with Crippen molar-refractivity contribution in [3.63, 3.8) is 0 Å². The van der Waals surface area contributed by atoms with Crippen LogP contribution in [0.4, 0.5) is 5.69 Å². The monoisotopic (exact) mass is 304 g/mol. The summed E-state index contributed by atoms with van der Waals surface area (Å²) < 4.78 is 0. The lowest BCUT2D eigenvalue weighted by Crippen LogP contribution is -2.47. The zero-order valence-electron chi connectivity index (χ0n) is 12.2. The van der Waals surface area contributed by atoms with E-state index in [9.17, 15) is 9.59 Å². The molecule has 2 heterocycles. The van der Waals surface area contributed by atoms with Crippen molar-refractivity contribution in [3.05, 3.63) is 24.3 Å². The van der Waals surface area contributed by atoms with E-state index in [1.165, 1.54) is 6.42 Å². The average Bonchev–Trinajstić information content (AvgIpc) is 2.50. The highest BCUT2D eigenvalue weighted by Gasteiger charge is 2.29. The number of fused-ring (bicyclic) bond motifs is 1. The Morgan fingerprint density at radius 2 is 2.19 bits per heavy atom. The van der Waals surface area contributed by atoms with Gasteiger partial charge in [-0.2, -0.15) is 0 Å². The predicted molar refractivity (Wildman–Crippen MR) is 84.5 cm³/mol. The molecule has 5 heteroatoms. The number of amides is 2. The summed E-state index contributed by atoms with van der Waals surface area (Å²) >= 11 is 1.55. The highest BCUT2D eigenvalue weighted by atomic mass is 32.2. The van der Waals surface area contributed by atoms with Crippen LogP contribution in [-0.2, 0) is 9.59 Å². The standard InChI is InChI=1S/C16H20N2O2S/c1-12-5-4-8-17(9-12)15(19)10-18-13-6-2-3-7-14(13)21-11-16(18)20/h2-3,6-7,12H,4-5,8-11H2,1H3. The van der Waals surface area contributed by atoms with Crippen LogP contribution in [0.1, 0.15) is 19.8 Å². The molecule has 1 atom stereocenters. The van der Waals surface area contributed by atoms with Gasteiger partial charge in [0.2, 0.25) is 11.8 Å². The number of para-hydroxylation sites is 1. The molecule has 0 bridgehead atoms. The van der Waals surface area contributed by atoms with Crippen LogP contribution in [0.15, 0.2) is 29.2 Å². The van der Waals surface area contributed by atoms with Gasteiger partial charge in [-0.25, -0.2) is 0 Å². The van der Waals surface area contributed by atoms with Crippen molar-refractivity contribution < 1.29 is 9.59 Å². The summed E-state index contributed by atoms with van der Waals surface area (Å²) in [6.45, 7) is 3.99. The van der Waals surface area contributed by atoms with Gasteiger partial charge in [-0.15, -0.1) is 11.8 Å². The van der Waals surface area contributed by atoms with Gasteiger partial charge < -0.3 is 9.80 Å². The molecular formula is C16H20N2O2S. The molecule has 1 aromatic carbocycles. The van der Waals surface area contributed by atoms with Gasteiger partial charge in [0.1, 0.15) is 6.54 Å². The molecule has 0 saturated carbocycles. The molecule has 4 nitrogen and oxygen atoms in total. The molecule has 1 fully saturated rings. The van der Waals surface area contributed by atoms with Crippen molar-refractivity contribution in [2.24, 2.45) is 5.92 Å². The van der Waals surface area contributed by atoms with Crippen molar-refractivity contribution in [2.45, 2.75) is 24.7 Å². The van der Waals surface area contributed by atoms with Gasteiger partial charge >= 0.3 is 0 Å². The third kappa shape index (κ3) is 3.07. The van der Waals surface area contributed by atoms with E-state index < -0.39 is 0 Å². The first-order valence-electron chi connectivity index (χ1n) is 7.45. The van der Waals surface area contributed by atoms with Crippen LogP contribution in [0, 0.1) is 5.92 Å². The number of piperidine rings is 1. The van der Waals surface area contributed by atoms with Gasteiger partial charge in [-0.3, -0.25) is 9.59 Å². The summed E-state index contributed by atoms with van der Waals surface area (Å²) in [6.07, 6.45) is 2.25. The quantitative estimate of drug-likeness (QED) is 0.842. The van der Waals surface area contributed by atoms with Gasteiger partial charge in [-0.05, 0) is 30.9 Å². The molecule has 1 saturated heterocycles. The lowest BCUT2D eigenvalue weighted by atomic mass is 10.0. The number of thioether (sulfide) groups is 1. The number of carbonyl (C=O) groups excluding carboxylic acids is 2. The van der Waals surface area contributed by atoms with E-state index in [4.69, 9.17) is 0 Å². The number of nitrogens with zero attached hydrogens (tertiary/aromatic N) is 2. The average molecular weight is 304 g/mol. The maximum atomic E-state index is 12.5. The first-order valence-corrected chi connectivity index (χ1v) is 8.43. The SMILES string of the molecule is CC1CCCN(C(=O)CN2C(=O)CSc3ccccc32)C1. The molecule has 0 aromatic heterocycles. The van der Waals surface area contributed by atoms with Gasteiger partial charge in [-0.1, -0.05) is 19.1 Å². The second kappa shape index (κ2) is 6.10. The van der Waals surface area contributed by atoms with Crippen LogP contribution in [0.3, 0.4) is 0 Å². The Kier molecular flexibility index (Phi) is 4.19. The molecule has 0 radical (unpaired) electrons. The first-order chi connectivity index (χ1) is 10.1. The molecule has 0 spiro atoms. The van der Waals surface area contributed by atoms with Crippen LogP contribution in [-0.4, -0.2) is 42.1 Å². The van der Waals surface area contributed by atoms with E-state index >= 15 is 0 Å². The zero-order chi connectivity index (χ0) is 14.8. The molecule has 3 rings (SSSR count). The lowest BCUT2D eigenvalue weighted by molar-refractivity contribution is -0.132. The zero-order valence-corrected chi connectivity index (χ0v) is 13.1. The van der Waals surface area contributed by atoms with Crippen LogP contribution >= 0.6 is 11.8 Å². The highest BCUT2D eigenvalue weighted by molar-refractivity contribution is 8.00. The molecule has 2 aliphatic rings. The molecule has 2 amide bonds. The topological polar surface area (TPSA) is 40.6 Å². The summed E-state index contributed by atoms with van der Waals surface area (Å²) in [4.78, 5) is 29.3. The van der Waals surface area contributed by atoms with E-state index in [0.29, 0.717) is 11.7 Å². The summed E-state index contributed by atoms with van der Waals surface area (Å²) in [5, 5.41) is 0. The highest BCUT2D eigenvalue weighted by Crippen LogP contribution is 2.34. The minimum Gasteiger partial charge on any atom is -0.341 e. The number of likely N-dealkylation sites (tertiary alicyclic amines) is 1. The fraction of sp³-hybridized carbons (Fsp3) is 0.500. The number of hydrogen-bond donors (Lipinski definition) is 0. The maximum absolute atomic E-state index is 12.5. The van der Waals surface area contributed by atoms with Gasteiger partial charge in [0, 0.05) is 18.0 Å². The maximum Gasteiger partial charge on any atom is 0.242 e. The number of rotatable bonds is 2. The molecule has 112 valence electrons. The smallest absolute Gasteiger partial charge is 0.242 e. The Balaban J connectivity index is 1.74. The lowest BCUT2D eigenvalue weighted by Gasteiger charge is -2.34. The van der Waals surface area contributed by atoms with E-state index in [0.717, 1.165) is 30.1 Å². The fourth-order valence-electron chi connectivity index (χ4n) is 2.98. The normalized spacial score (nSPS) is 22.1. The van der Waals surface area contributed by atoms with Gasteiger partial charge in [0.15, 0.2) is 0 Å². The van der Waals surface area contributed by atoms with E-state index in [2.05, 4.69) is 6.92 Å². The first kappa shape index (κ1) is 14.4. The molecule has 2 aliphatic heterocycles. The van der Waals surface area contributed by atoms with Crippen molar-refractivity contribution >= 4 is 29.3 Å². The van der Waals surface area contributed by atoms with E-state index in [1.54, 1.807) is 16.7 Å². The Hall–Kier alpha value is -1.49. The van der Waals surface area contributed by atoms with Crippen LogP contribution < -0.4 is 4.90 Å². The largest absolute Gasteiger partial charge is 0.341 e. The second-order valence-electron chi connectivity index (χ2n) is 5.82. The Labute approximate surface area is 129 Å². The molecule has 0 N–H and O–H groups in total. The van der Waals surface area contributed by atoms with Gasteiger partial charge in [0.05, 0.1) is 11.4 Å². The van der Waals surface area contributed by atoms with Gasteiger partial charge in [0.25, 0.3) is 0 Å². The molecule has 21 heavy (non-hydrogen) atoms. The number of hydrogen-bond acceptors (Lipinski definition) is 3. The van der Waals surface area contributed by atoms with Crippen molar-refractivity contribution in [1.29, 1.82) is 0 Å². The van der Waals surface area contributed by atoms with Crippen molar-refractivity contribution in [2.75, 3.05) is 30.3 Å². The minimum absolute atomic E-state index is 0.0251. The van der Waals surface area contributed by atoms with Crippen LogP contribution in [0.2, 0.25) is 0 Å². The Bertz CT molecular complexity index is 561. The van der Waals surface area contributed by atoms with E-state index in [-0.39, 0.29) is 18.4 Å². The number of carbonyl (C=O) groups is 2. The summed E-state index contributed by atoms with van der Waals surface area (Å²) in [6, 6.07) is 7.81. The van der Waals surface area contributed by atoms with Crippen LogP contribution in [0.5, 0.6) is 0 Å². The van der Waals surface area contributed by atoms with Crippen LogP contribution in [0.25, 0.3) is 0 Å². The summed E-state index contributed by atoms with van der Waals surface area (Å²) in [5.74, 6) is 1.07. The third-order valence-electron chi connectivity index (χ3n) is 4.11. The van der Waals surface area contributed by atoms with Crippen molar-refractivity contribution in [1.82, 2.24) is 4.90 Å². The number of anilines is 1. The van der Waals surface area contributed by atoms with E-state index in [1.807, 2.05) is 29.2 Å². The second-order valence-corrected chi connectivity index (χ2v) is 6.84. The Morgan fingerprint density at radius 1 is 1.38 bits per heavy atom. The Morgan fingerprint density at radius 3 is 3.00 bits per heavy atom. The third-order valence-corrected chi connectivity index (χ3v) is 5.16.